The lowest BCUT2D eigenvalue weighted by atomic mass is 10.2. The summed E-state index contributed by atoms with van der Waals surface area (Å²) in [5, 5.41) is 12.0. The molecule has 0 saturated carbocycles. The number of esters is 1. The first-order valence-electron chi connectivity index (χ1n) is 11.4. The Hall–Kier alpha value is -4.11. The van der Waals surface area contributed by atoms with Gasteiger partial charge in [-0.1, -0.05) is 48.2 Å². The lowest BCUT2D eigenvalue weighted by Crippen LogP contribution is -2.15. The maximum absolute atomic E-state index is 12.7. The smallest absolute Gasteiger partial charge is 0.338 e. The molecule has 0 radical (unpaired) electrons. The fourth-order valence-corrected chi connectivity index (χ4v) is 4.21. The van der Waals surface area contributed by atoms with Crippen molar-refractivity contribution in [3.63, 3.8) is 0 Å². The first-order valence-corrected chi connectivity index (χ1v) is 12.4. The van der Waals surface area contributed by atoms with E-state index in [0.29, 0.717) is 22.2 Å². The molecule has 0 aliphatic heterocycles. The molecule has 8 nitrogen and oxygen atoms in total. The van der Waals surface area contributed by atoms with E-state index in [1.807, 2.05) is 66.1 Å². The second kappa shape index (κ2) is 12.0. The number of ether oxygens (including phenoxy) is 2. The number of anilines is 1. The van der Waals surface area contributed by atoms with Gasteiger partial charge in [-0.15, -0.1) is 10.2 Å². The molecule has 0 atom stereocenters. The van der Waals surface area contributed by atoms with Gasteiger partial charge in [0.05, 0.1) is 17.9 Å². The van der Waals surface area contributed by atoms with Crippen molar-refractivity contribution in [1.82, 2.24) is 14.8 Å². The number of aromatic nitrogens is 3. The molecule has 4 aromatic rings. The summed E-state index contributed by atoms with van der Waals surface area (Å²) in [6.07, 6.45) is 0. The molecule has 9 heteroatoms. The zero-order valence-electron chi connectivity index (χ0n) is 20.0. The van der Waals surface area contributed by atoms with Gasteiger partial charge in [0.15, 0.2) is 11.0 Å². The van der Waals surface area contributed by atoms with Crippen LogP contribution in [0.2, 0.25) is 0 Å². The highest BCUT2D eigenvalue weighted by atomic mass is 32.2. The van der Waals surface area contributed by atoms with Gasteiger partial charge in [0.25, 0.3) is 0 Å². The van der Waals surface area contributed by atoms with Crippen LogP contribution in [0.3, 0.4) is 0 Å². The molecule has 0 saturated heterocycles. The highest BCUT2D eigenvalue weighted by molar-refractivity contribution is 7.99. The standard InChI is InChI=1S/C27H26N4O4S/c1-3-34-26(33)20-10-8-11-21(16-20)28-25(32)18-36-27-30-29-24(31(27)22-12-5-4-6-13-22)17-35-23-14-7-9-19(2)15-23/h4-16H,3,17-18H2,1-2H3,(H,28,32). The molecule has 0 fully saturated rings. The van der Waals surface area contributed by atoms with E-state index in [0.717, 1.165) is 17.0 Å². The molecule has 4 rings (SSSR count). The largest absolute Gasteiger partial charge is 0.486 e. The van der Waals surface area contributed by atoms with Gasteiger partial charge in [-0.25, -0.2) is 4.79 Å². The van der Waals surface area contributed by atoms with Gasteiger partial charge < -0.3 is 14.8 Å². The van der Waals surface area contributed by atoms with Gasteiger partial charge in [0.2, 0.25) is 5.91 Å². The maximum atomic E-state index is 12.7. The molecule has 3 aromatic carbocycles. The molecule has 0 bridgehead atoms. The lowest BCUT2D eigenvalue weighted by molar-refractivity contribution is -0.113. The van der Waals surface area contributed by atoms with Gasteiger partial charge in [-0.05, 0) is 61.9 Å². The van der Waals surface area contributed by atoms with E-state index in [1.165, 1.54) is 11.8 Å². The third-order valence-corrected chi connectivity index (χ3v) is 5.99. The minimum absolute atomic E-state index is 0.105. The lowest BCUT2D eigenvalue weighted by Gasteiger charge is -2.11. The summed E-state index contributed by atoms with van der Waals surface area (Å²) in [5.41, 5.74) is 2.87. The van der Waals surface area contributed by atoms with E-state index in [2.05, 4.69) is 15.5 Å². The van der Waals surface area contributed by atoms with E-state index in [4.69, 9.17) is 9.47 Å². The van der Waals surface area contributed by atoms with Crippen molar-refractivity contribution in [3.05, 3.63) is 95.8 Å². The van der Waals surface area contributed by atoms with Crippen LogP contribution in [0, 0.1) is 6.92 Å². The highest BCUT2D eigenvalue weighted by Gasteiger charge is 2.17. The van der Waals surface area contributed by atoms with Crippen LogP contribution in [0.1, 0.15) is 28.7 Å². The number of hydrogen-bond donors (Lipinski definition) is 1. The van der Waals surface area contributed by atoms with Crippen LogP contribution in [-0.2, 0) is 16.1 Å². The molecular formula is C27H26N4O4S. The maximum Gasteiger partial charge on any atom is 0.338 e. The minimum Gasteiger partial charge on any atom is -0.486 e. The third kappa shape index (κ3) is 6.51. The van der Waals surface area contributed by atoms with Gasteiger partial charge >= 0.3 is 5.97 Å². The number of nitrogens with zero attached hydrogens (tertiary/aromatic N) is 3. The van der Waals surface area contributed by atoms with Crippen molar-refractivity contribution in [2.75, 3.05) is 17.7 Å². The first-order chi connectivity index (χ1) is 17.5. The molecule has 1 amide bonds. The fourth-order valence-electron chi connectivity index (χ4n) is 3.44. The number of carbonyl (C=O) groups excluding carboxylic acids is 2. The molecule has 36 heavy (non-hydrogen) atoms. The summed E-state index contributed by atoms with van der Waals surface area (Å²) in [7, 11) is 0. The first kappa shape index (κ1) is 25.0. The van der Waals surface area contributed by atoms with Crippen LogP contribution in [0.4, 0.5) is 5.69 Å². The van der Waals surface area contributed by atoms with E-state index in [9.17, 15) is 9.59 Å². The number of rotatable bonds is 10. The molecule has 0 unspecified atom stereocenters. The van der Waals surface area contributed by atoms with Crippen LogP contribution in [0.15, 0.2) is 84.0 Å². The van der Waals surface area contributed by atoms with Gasteiger partial charge in [-0.2, -0.15) is 0 Å². The molecule has 1 heterocycles. The quantitative estimate of drug-likeness (QED) is 0.239. The number of carbonyl (C=O) groups is 2. The summed E-state index contributed by atoms with van der Waals surface area (Å²) in [4.78, 5) is 24.6. The van der Waals surface area contributed by atoms with E-state index in [1.54, 1.807) is 31.2 Å². The summed E-state index contributed by atoms with van der Waals surface area (Å²) < 4.78 is 12.9. The van der Waals surface area contributed by atoms with Crippen molar-refractivity contribution < 1.29 is 19.1 Å². The van der Waals surface area contributed by atoms with Crippen LogP contribution in [0.25, 0.3) is 5.69 Å². The number of nitrogens with one attached hydrogen (secondary N) is 1. The number of amides is 1. The summed E-state index contributed by atoms with van der Waals surface area (Å²) in [5.74, 6) is 0.803. The van der Waals surface area contributed by atoms with Crippen LogP contribution >= 0.6 is 11.8 Å². The third-order valence-electron chi connectivity index (χ3n) is 5.06. The Morgan fingerprint density at radius 2 is 1.78 bits per heavy atom. The summed E-state index contributed by atoms with van der Waals surface area (Å²) >= 11 is 1.26. The van der Waals surface area contributed by atoms with Crippen LogP contribution < -0.4 is 10.1 Å². The summed E-state index contributed by atoms with van der Waals surface area (Å²) in [6, 6.07) is 24.1. The zero-order chi connectivity index (χ0) is 25.3. The Balaban J connectivity index is 1.46. The Morgan fingerprint density at radius 1 is 0.972 bits per heavy atom. The highest BCUT2D eigenvalue weighted by Crippen LogP contribution is 2.24. The van der Waals surface area contributed by atoms with Crippen molar-refractivity contribution in [1.29, 1.82) is 0 Å². The number of aryl methyl sites for hydroxylation is 1. The Labute approximate surface area is 213 Å². The molecule has 0 aliphatic rings. The van der Waals surface area contributed by atoms with Crippen molar-refractivity contribution in [2.45, 2.75) is 25.6 Å². The minimum atomic E-state index is -0.431. The number of hydrogen-bond acceptors (Lipinski definition) is 7. The molecular weight excluding hydrogens is 476 g/mol. The number of para-hydroxylation sites is 1. The second-order valence-electron chi connectivity index (χ2n) is 7.81. The van der Waals surface area contributed by atoms with Crippen molar-refractivity contribution >= 4 is 29.3 Å². The fraction of sp³-hybridized carbons (Fsp3) is 0.185. The summed E-state index contributed by atoms with van der Waals surface area (Å²) in [6.45, 7) is 4.26. The second-order valence-corrected chi connectivity index (χ2v) is 8.76. The molecule has 184 valence electrons. The Kier molecular flexibility index (Phi) is 8.36. The van der Waals surface area contributed by atoms with Gasteiger partial charge in [0.1, 0.15) is 12.4 Å². The van der Waals surface area contributed by atoms with E-state index < -0.39 is 5.97 Å². The van der Waals surface area contributed by atoms with E-state index in [-0.39, 0.29) is 24.9 Å². The van der Waals surface area contributed by atoms with Crippen molar-refractivity contribution in [2.24, 2.45) is 0 Å². The van der Waals surface area contributed by atoms with Crippen LogP contribution in [0.5, 0.6) is 5.75 Å². The number of benzene rings is 3. The average Bonchev–Trinajstić information content (AvgIpc) is 3.30. The van der Waals surface area contributed by atoms with Crippen molar-refractivity contribution in [3.8, 4) is 11.4 Å². The Bertz CT molecular complexity index is 1340. The molecule has 0 spiro atoms. The monoisotopic (exact) mass is 502 g/mol. The molecule has 1 N–H and O–H groups in total. The predicted molar refractivity (Wildman–Crippen MR) is 139 cm³/mol. The molecule has 1 aromatic heterocycles. The average molecular weight is 503 g/mol. The topological polar surface area (TPSA) is 95.3 Å². The van der Waals surface area contributed by atoms with E-state index >= 15 is 0 Å². The molecule has 0 aliphatic carbocycles. The zero-order valence-corrected chi connectivity index (χ0v) is 20.8. The van der Waals surface area contributed by atoms with Crippen LogP contribution in [-0.4, -0.2) is 39.0 Å². The Morgan fingerprint density at radius 3 is 2.56 bits per heavy atom. The van der Waals surface area contributed by atoms with Gasteiger partial charge in [-0.3, -0.25) is 9.36 Å². The number of thioether (sulfide) groups is 1. The predicted octanol–water partition coefficient (Wildman–Crippen LogP) is 5.06. The van der Waals surface area contributed by atoms with Gasteiger partial charge in [0, 0.05) is 11.4 Å². The SMILES string of the molecule is CCOC(=O)c1cccc(NC(=O)CSc2nnc(COc3cccc(C)c3)n2-c2ccccc2)c1. The normalized spacial score (nSPS) is 10.6.